The largest absolute Gasteiger partial charge is 0.277 e. The summed E-state index contributed by atoms with van der Waals surface area (Å²) in [4.78, 5) is -0.123. The summed E-state index contributed by atoms with van der Waals surface area (Å²) >= 11 is 0. The van der Waals surface area contributed by atoms with Crippen LogP contribution in [0.2, 0.25) is 0 Å². The summed E-state index contributed by atoms with van der Waals surface area (Å²) in [6, 6.07) is 5.71. The van der Waals surface area contributed by atoms with E-state index in [2.05, 4.69) is 10.2 Å². The van der Waals surface area contributed by atoms with Crippen LogP contribution in [0.3, 0.4) is 0 Å². The molecule has 1 atom stereocenters. The normalized spacial score (nSPS) is 18.7. The molecule has 144 valence electrons. The van der Waals surface area contributed by atoms with Crippen LogP contribution in [0.25, 0.3) is 11.3 Å². The van der Waals surface area contributed by atoms with Crippen LogP contribution in [0.1, 0.15) is 24.4 Å². The topological polar surface area (TPSA) is 66.1 Å². The average Bonchev–Trinajstić information content (AvgIpc) is 3.38. The number of anilines is 1. The molecule has 3 aromatic rings. The zero-order valence-electron chi connectivity index (χ0n) is 14.4. The van der Waals surface area contributed by atoms with Gasteiger partial charge in [-0.2, -0.15) is 5.10 Å². The van der Waals surface area contributed by atoms with Gasteiger partial charge in [-0.1, -0.05) is 0 Å². The van der Waals surface area contributed by atoms with Gasteiger partial charge in [-0.3, -0.25) is 9.40 Å². The Morgan fingerprint density at radius 3 is 2.39 bits per heavy atom. The van der Waals surface area contributed by atoms with Crippen LogP contribution in [0.5, 0.6) is 0 Å². The maximum absolute atomic E-state index is 14.1. The van der Waals surface area contributed by atoms with Gasteiger partial charge in [0, 0.05) is 17.2 Å². The number of aromatic nitrogens is 2. The SMILES string of the molecule is O=S(=O)(c1ccc(F)cc1)N1c2cc(F)c(F)cc2-c2[nH]ncc2[C@H]1C1CC1. The Morgan fingerprint density at radius 2 is 1.71 bits per heavy atom. The number of sulfonamides is 1. The first-order valence-corrected chi connectivity index (χ1v) is 10.1. The first-order valence-electron chi connectivity index (χ1n) is 8.70. The average molecular weight is 405 g/mol. The third-order valence-corrected chi connectivity index (χ3v) is 7.03. The molecule has 28 heavy (non-hydrogen) atoms. The molecular formula is C19H14F3N3O2S. The Bertz CT molecular complexity index is 1190. The molecule has 1 aliphatic carbocycles. The zero-order chi connectivity index (χ0) is 19.6. The Hall–Kier alpha value is -2.81. The van der Waals surface area contributed by atoms with Crippen molar-refractivity contribution in [2.45, 2.75) is 23.8 Å². The third kappa shape index (κ3) is 2.46. The Morgan fingerprint density at radius 1 is 1.04 bits per heavy atom. The van der Waals surface area contributed by atoms with Gasteiger partial charge < -0.3 is 0 Å². The summed E-state index contributed by atoms with van der Waals surface area (Å²) in [5.74, 6) is -2.76. The van der Waals surface area contributed by atoms with Gasteiger partial charge in [-0.15, -0.1) is 0 Å². The number of nitrogens with zero attached hydrogens (tertiary/aromatic N) is 2. The molecule has 0 radical (unpaired) electrons. The molecule has 0 saturated heterocycles. The predicted octanol–water partition coefficient (Wildman–Crippen LogP) is 4.15. The van der Waals surface area contributed by atoms with Crippen molar-refractivity contribution in [2.24, 2.45) is 5.92 Å². The zero-order valence-corrected chi connectivity index (χ0v) is 15.2. The minimum atomic E-state index is -4.16. The third-order valence-electron chi connectivity index (χ3n) is 5.22. The second-order valence-corrected chi connectivity index (χ2v) is 8.84. The molecule has 0 bridgehead atoms. The number of nitrogens with one attached hydrogen (secondary N) is 1. The molecule has 0 amide bonds. The quantitative estimate of drug-likeness (QED) is 0.712. The molecular weight excluding hydrogens is 391 g/mol. The standard InChI is InChI=1S/C19H14F3N3O2S/c20-11-3-5-12(6-4-11)28(26,27)25-17-8-16(22)15(21)7-13(17)18-14(9-23-24-18)19(25)10-1-2-10/h3-10,19H,1-2H2,(H,23,24)/t19-/m1/s1. The smallest absolute Gasteiger partial charge is 0.264 e. The highest BCUT2D eigenvalue weighted by Crippen LogP contribution is 2.54. The number of benzene rings is 2. The second kappa shape index (κ2) is 5.84. The monoisotopic (exact) mass is 405 g/mol. The summed E-state index contributed by atoms with van der Waals surface area (Å²) in [7, 11) is -4.16. The fraction of sp³-hybridized carbons (Fsp3) is 0.211. The van der Waals surface area contributed by atoms with Gasteiger partial charge >= 0.3 is 0 Å². The number of hydrogen-bond acceptors (Lipinski definition) is 3. The van der Waals surface area contributed by atoms with Crippen LogP contribution in [0.15, 0.2) is 47.5 Å². The van der Waals surface area contributed by atoms with Crippen LogP contribution in [-0.4, -0.2) is 18.6 Å². The number of aromatic amines is 1. The van der Waals surface area contributed by atoms with E-state index in [1.165, 1.54) is 18.3 Å². The summed E-state index contributed by atoms with van der Waals surface area (Å²) < 4.78 is 69.5. The summed E-state index contributed by atoms with van der Waals surface area (Å²) in [6.45, 7) is 0. The van der Waals surface area contributed by atoms with Gasteiger partial charge in [0.25, 0.3) is 10.0 Å². The van der Waals surface area contributed by atoms with Crippen LogP contribution in [0, 0.1) is 23.4 Å². The van der Waals surface area contributed by atoms with E-state index in [-0.39, 0.29) is 22.1 Å². The van der Waals surface area contributed by atoms with Crippen molar-refractivity contribution in [1.29, 1.82) is 0 Å². The van der Waals surface area contributed by atoms with Gasteiger partial charge in [0.05, 0.1) is 28.5 Å². The summed E-state index contributed by atoms with van der Waals surface area (Å²) in [5.41, 5.74) is 1.36. The molecule has 1 saturated carbocycles. The summed E-state index contributed by atoms with van der Waals surface area (Å²) in [6.07, 6.45) is 3.14. The molecule has 5 rings (SSSR count). The van der Waals surface area contributed by atoms with Crippen molar-refractivity contribution in [3.63, 3.8) is 0 Å². The molecule has 2 aliphatic rings. The Balaban J connectivity index is 1.78. The highest BCUT2D eigenvalue weighted by Gasteiger charge is 2.47. The molecule has 0 spiro atoms. The Labute approximate surface area is 158 Å². The van der Waals surface area contributed by atoms with Crippen molar-refractivity contribution in [2.75, 3.05) is 4.31 Å². The number of rotatable bonds is 3. The first kappa shape index (κ1) is 17.3. The van der Waals surface area contributed by atoms with E-state index in [9.17, 15) is 21.6 Å². The number of H-pyrrole nitrogens is 1. The van der Waals surface area contributed by atoms with Gasteiger partial charge in [0.1, 0.15) is 5.82 Å². The van der Waals surface area contributed by atoms with E-state index in [0.29, 0.717) is 11.3 Å². The number of halogens is 3. The number of fused-ring (bicyclic) bond motifs is 3. The van der Waals surface area contributed by atoms with E-state index < -0.39 is 33.5 Å². The highest BCUT2D eigenvalue weighted by molar-refractivity contribution is 7.92. The van der Waals surface area contributed by atoms with Crippen molar-refractivity contribution < 1.29 is 21.6 Å². The van der Waals surface area contributed by atoms with Crippen LogP contribution >= 0.6 is 0 Å². The highest BCUT2D eigenvalue weighted by atomic mass is 32.2. The van der Waals surface area contributed by atoms with Crippen LogP contribution < -0.4 is 4.31 Å². The van der Waals surface area contributed by atoms with Crippen molar-refractivity contribution >= 4 is 15.7 Å². The molecule has 1 aromatic heterocycles. The maximum Gasteiger partial charge on any atom is 0.264 e. The van der Waals surface area contributed by atoms with Crippen LogP contribution in [-0.2, 0) is 10.0 Å². The second-order valence-electron chi connectivity index (χ2n) is 7.02. The molecule has 5 nitrogen and oxygen atoms in total. The fourth-order valence-corrected chi connectivity index (χ4v) is 5.49. The van der Waals surface area contributed by atoms with E-state index in [1.807, 2.05) is 0 Å². The lowest BCUT2D eigenvalue weighted by Crippen LogP contribution is -2.38. The van der Waals surface area contributed by atoms with Gasteiger partial charge in [0.15, 0.2) is 11.6 Å². The lowest BCUT2D eigenvalue weighted by Gasteiger charge is -2.37. The van der Waals surface area contributed by atoms with Gasteiger partial charge in [0.2, 0.25) is 0 Å². The molecule has 2 heterocycles. The Kier molecular flexibility index (Phi) is 3.61. The fourth-order valence-electron chi connectivity index (χ4n) is 3.79. The van der Waals surface area contributed by atoms with Gasteiger partial charge in [-0.25, -0.2) is 21.6 Å². The molecule has 0 unspecified atom stereocenters. The minimum absolute atomic E-state index is 0.0350. The van der Waals surface area contributed by atoms with Crippen LogP contribution in [0.4, 0.5) is 18.9 Å². The molecule has 9 heteroatoms. The van der Waals surface area contributed by atoms with E-state index in [1.54, 1.807) is 0 Å². The van der Waals surface area contributed by atoms with E-state index >= 15 is 0 Å². The predicted molar refractivity (Wildman–Crippen MR) is 95.5 cm³/mol. The lowest BCUT2D eigenvalue weighted by molar-refractivity contribution is 0.506. The molecule has 1 aliphatic heterocycles. The van der Waals surface area contributed by atoms with E-state index in [0.717, 1.165) is 41.4 Å². The minimum Gasteiger partial charge on any atom is -0.277 e. The van der Waals surface area contributed by atoms with Crippen molar-refractivity contribution in [1.82, 2.24) is 10.2 Å². The first-order chi connectivity index (χ1) is 13.4. The maximum atomic E-state index is 14.1. The van der Waals surface area contributed by atoms with Crippen molar-refractivity contribution in [3.8, 4) is 11.3 Å². The number of hydrogen-bond donors (Lipinski definition) is 1. The molecule has 1 fully saturated rings. The molecule has 1 N–H and O–H groups in total. The van der Waals surface area contributed by atoms with Gasteiger partial charge in [-0.05, 0) is 49.1 Å². The van der Waals surface area contributed by atoms with E-state index in [4.69, 9.17) is 0 Å². The lowest BCUT2D eigenvalue weighted by atomic mass is 9.93. The van der Waals surface area contributed by atoms with Crippen molar-refractivity contribution in [3.05, 3.63) is 65.6 Å². The summed E-state index contributed by atoms with van der Waals surface area (Å²) in [5, 5.41) is 6.79. The molecule has 2 aromatic carbocycles.